The number of nitrogens with two attached hydrogens (primary N) is 1. The Morgan fingerprint density at radius 1 is 0.886 bits per heavy atom. The van der Waals surface area contributed by atoms with Crippen LogP contribution in [0, 0.1) is 11.6 Å². The van der Waals surface area contributed by atoms with Crippen molar-refractivity contribution >= 4 is 11.8 Å². The summed E-state index contributed by atoms with van der Waals surface area (Å²) in [5, 5.41) is 2.91. The lowest BCUT2D eigenvalue weighted by Gasteiger charge is -2.21. The highest BCUT2D eigenvalue weighted by atomic mass is 19.1. The molecule has 5 nitrogen and oxygen atoms in total. The number of hydrogen-bond acceptors (Lipinski definition) is 3. The average Bonchev–Trinajstić information content (AvgIpc) is 2.84. The van der Waals surface area contributed by atoms with Gasteiger partial charge in [0.1, 0.15) is 11.6 Å². The first-order valence-corrected chi connectivity index (χ1v) is 11.0. The molecule has 1 atom stereocenters. The van der Waals surface area contributed by atoms with E-state index in [-0.39, 0.29) is 24.3 Å². The van der Waals surface area contributed by atoms with Gasteiger partial charge in [0.25, 0.3) is 0 Å². The Morgan fingerprint density at radius 3 is 2.34 bits per heavy atom. The minimum absolute atomic E-state index is 0.116. The molecule has 0 aliphatic carbocycles. The number of aromatic nitrogens is 1. The van der Waals surface area contributed by atoms with Crippen LogP contribution < -0.4 is 11.1 Å². The minimum atomic E-state index is -0.746. The summed E-state index contributed by atoms with van der Waals surface area (Å²) in [5.74, 6) is -2.33. The fourth-order valence-corrected chi connectivity index (χ4v) is 3.95. The van der Waals surface area contributed by atoms with Gasteiger partial charge in [0.05, 0.1) is 18.2 Å². The molecular weight excluding hydrogens is 448 g/mol. The molecule has 2 amide bonds. The second kappa shape index (κ2) is 10.7. The highest BCUT2D eigenvalue weighted by Crippen LogP contribution is 2.28. The Balaban J connectivity index is 1.68. The van der Waals surface area contributed by atoms with Crippen LogP contribution in [0.25, 0.3) is 11.1 Å². The SMILES string of the molecule is NC(=O)c1cccc(-c2cccnc2CC(NC(=O)Cc2ccccc2)c2cc(F)cc(F)c2)c1. The number of pyridine rings is 1. The van der Waals surface area contributed by atoms with Crippen molar-refractivity contribution in [3.8, 4) is 11.1 Å². The molecule has 0 saturated heterocycles. The molecule has 3 aromatic carbocycles. The van der Waals surface area contributed by atoms with Crippen LogP contribution in [0.15, 0.2) is 91.1 Å². The van der Waals surface area contributed by atoms with Gasteiger partial charge < -0.3 is 11.1 Å². The topological polar surface area (TPSA) is 85.1 Å². The van der Waals surface area contributed by atoms with Gasteiger partial charge in [0.2, 0.25) is 11.8 Å². The molecule has 4 rings (SSSR count). The van der Waals surface area contributed by atoms with Crippen molar-refractivity contribution in [2.75, 3.05) is 0 Å². The molecule has 7 heteroatoms. The number of primary amides is 1. The molecule has 0 aliphatic heterocycles. The zero-order valence-electron chi connectivity index (χ0n) is 18.7. The molecule has 0 saturated carbocycles. The van der Waals surface area contributed by atoms with Crippen LogP contribution in [-0.2, 0) is 17.6 Å². The van der Waals surface area contributed by atoms with Crippen molar-refractivity contribution < 1.29 is 18.4 Å². The predicted octanol–water partition coefficient (Wildman–Crippen LogP) is 4.77. The van der Waals surface area contributed by atoms with Gasteiger partial charge in [-0.3, -0.25) is 14.6 Å². The maximum Gasteiger partial charge on any atom is 0.248 e. The van der Waals surface area contributed by atoms with E-state index in [2.05, 4.69) is 10.3 Å². The third-order valence-corrected chi connectivity index (χ3v) is 5.58. The second-order valence-corrected chi connectivity index (χ2v) is 8.13. The first-order valence-electron chi connectivity index (χ1n) is 11.0. The van der Waals surface area contributed by atoms with Gasteiger partial charge in [-0.1, -0.05) is 48.5 Å². The van der Waals surface area contributed by atoms with Gasteiger partial charge >= 0.3 is 0 Å². The Labute approximate surface area is 201 Å². The van der Waals surface area contributed by atoms with Gasteiger partial charge in [-0.2, -0.15) is 0 Å². The summed E-state index contributed by atoms with van der Waals surface area (Å²) in [6.45, 7) is 0. The van der Waals surface area contributed by atoms with Crippen molar-refractivity contribution in [2.24, 2.45) is 5.73 Å². The fraction of sp³-hybridized carbons (Fsp3) is 0.107. The van der Waals surface area contributed by atoms with Gasteiger partial charge in [0, 0.05) is 29.8 Å². The molecule has 4 aromatic rings. The van der Waals surface area contributed by atoms with E-state index >= 15 is 0 Å². The maximum absolute atomic E-state index is 14.1. The largest absolute Gasteiger partial charge is 0.366 e. The van der Waals surface area contributed by atoms with Crippen molar-refractivity contribution in [2.45, 2.75) is 18.9 Å². The monoisotopic (exact) mass is 471 g/mol. The highest BCUT2D eigenvalue weighted by molar-refractivity contribution is 5.94. The van der Waals surface area contributed by atoms with E-state index in [9.17, 15) is 18.4 Å². The van der Waals surface area contributed by atoms with E-state index in [0.717, 1.165) is 17.2 Å². The zero-order valence-corrected chi connectivity index (χ0v) is 18.7. The number of rotatable bonds is 8. The summed E-state index contributed by atoms with van der Waals surface area (Å²) < 4.78 is 28.1. The molecule has 1 unspecified atom stereocenters. The smallest absolute Gasteiger partial charge is 0.248 e. The number of halogens is 2. The van der Waals surface area contributed by atoms with Crippen LogP contribution in [0.4, 0.5) is 8.78 Å². The molecular formula is C28H23F2N3O2. The van der Waals surface area contributed by atoms with Gasteiger partial charge in [-0.25, -0.2) is 8.78 Å². The summed E-state index contributed by atoms with van der Waals surface area (Å²) >= 11 is 0. The van der Waals surface area contributed by atoms with Gasteiger partial charge in [0.15, 0.2) is 0 Å². The van der Waals surface area contributed by atoms with Crippen LogP contribution in [0.1, 0.15) is 33.2 Å². The zero-order chi connectivity index (χ0) is 24.8. The molecule has 1 heterocycles. The predicted molar refractivity (Wildman–Crippen MR) is 129 cm³/mol. The number of amides is 2. The van der Waals surface area contributed by atoms with Crippen LogP contribution in [-0.4, -0.2) is 16.8 Å². The molecule has 0 bridgehead atoms. The van der Waals surface area contributed by atoms with Crippen molar-refractivity contribution in [3.05, 3.63) is 125 Å². The average molecular weight is 472 g/mol. The third-order valence-electron chi connectivity index (χ3n) is 5.58. The van der Waals surface area contributed by atoms with E-state index in [0.29, 0.717) is 16.8 Å². The number of carbonyl (C=O) groups excluding carboxylic acids is 2. The van der Waals surface area contributed by atoms with Crippen molar-refractivity contribution in [1.29, 1.82) is 0 Å². The lowest BCUT2D eigenvalue weighted by Crippen LogP contribution is -2.31. The number of benzene rings is 3. The molecule has 0 spiro atoms. The molecule has 0 fully saturated rings. The van der Waals surface area contributed by atoms with E-state index < -0.39 is 23.6 Å². The second-order valence-electron chi connectivity index (χ2n) is 8.13. The first-order chi connectivity index (χ1) is 16.9. The highest BCUT2D eigenvalue weighted by Gasteiger charge is 2.20. The number of hydrogen-bond donors (Lipinski definition) is 2. The Kier molecular flexibility index (Phi) is 7.26. The van der Waals surface area contributed by atoms with Crippen LogP contribution in [0.5, 0.6) is 0 Å². The molecule has 0 aliphatic rings. The van der Waals surface area contributed by atoms with Crippen LogP contribution in [0.3, 0.4) is 0 Å². The molecule has 0 radical (unpaired) electrons. The van der Waals surface area contributed by atoms with Gasteiger partial charge in [-0.15, -0.1) is 0 Å². The van der Waals surface area contributed by atoms with E-state index in [4.69, 9.17) is 5.73 Å². The third kappa shape index (κ3) is 6.14. The Morgan fingerprint density at radius 2 is 1.63 bits per heavy atom. The van der Waals surface area contributed by atoms with E-state index in [1.165, 1.54) is 12.1 Å². The van der Waals surface area contributed by atoms with Crippen molar-refractivity contribution in [1.82, 2.24) is 10.3 Å². The standard InChI is InChI=1S/C28H23F2N3O2/c29-22-14-21(15-23(30)16-22)25(33-27(34)12-18-6-2-1-3-7-18)17-26-24(10-5-11-32-26)19-8-4-9-20(13-19)28(31)35/h1-11,13-16,25H,12,17H2,(H2,31,35)(H,33,34). The first kappa shape index (κ1) is 23.8. The number of carbonyl (C=O) groups is 2. The lowest BCUT2D eigenvalue weighted by molar-refractivity contribution is -0.121. The van der Waals surface area contributed by atoms with Crippen LogP contribution >= 0.6 is 0 Å². The number of nitrogens with zero attached hydrogens (tertiary/aromatic N) is 1. The number of nitrogens with one attached hydrogen (secondary N) is 1. The summed E-state index contributed by atoms with van der Waals surface area (Å²) in [7, 11) is 0. The summed E-state index contributed by atoms with van der Waals surface area (Å²) in [5.41, 5.74) is 8.89. The summed E-state index contributed by atoms with van der Waals surface area (Å²) in [4.78, 5) is 29.0. The van der Waals surface area contributed by atoms with E-state index in [1.54, 1.807) is 30.5 Å². The molecule has 1 aromatic heterocycles. The minimum Gasteiger partial charge on any atom is -0.366 e. The molecule has 3 N–H and O–H groups in total. The lowest BCUT2D eigenvalue weighted by atomic mass is 9.95. The van der Waals surface area contributed by atoms with Gasteiger partial charge in [-0.05, 0) is 47.0 Å². The summed E-state index contributed by atoms with van der Waals surface area (Å²) in [6, 6.07) is 22.0. The molecule has 35 heavy (non-hydrogen) atoms. The Bertz CT molecular complexity index is 1340. The van der Waals surface area contributed by atoms with Crippen LogP contribution in [0.2, 0.25) is 0 Å². The molecule has 176 valence electrons. The maximum atomic E-state index is 14.1. The van der Waals surface area contributed by atoms with E-state index in [1.807, 2.05) is 42.5 Å². The van der Waals surface area contributed by atoms with Crippen molar-refractivity contribution in [3.63, 3.8) is 0 Å². The Hall–Kier alpha value is -4.39. The quantitative estimate of drug-likeness (QED) is 0.388. The normalized spacial score (nSPS) is 11.6. The fourth-order valence-electron chi connectivity index (χ4n) is 3.95. The summed E-state index contributed by atoms with van der Waals surface area (Å²) in [6.07, 6.45) is 1.89.